The number of nitrogens with zero attached hydrogens (tertiary/aromatic N) is 1. The highest BCUT2D eigenvalue weighted by molar-refractivity contribution is 5.80. The Morgan fingerprint density at radius 1 is 1.50 bits per heavy atom. The molecule has 1 saturated heterocycles. The van der Waals surface area contributed by atoms with Crippen molar-refractivity contribution in [2.75, 3.05) is 19.6 Å². The first-order valence-electron chi connectivity index (χ1n) is 6.28. The zero-order chi connectivity index (χ0) is 12.1. The van der Waals surface area contributed by atoms with Crippen molar-refractivity contribution in [2.24, 2.45) is 11.7 Å². The van der Waals surface area contributed by atoms with Gasteiger partial charge < -0.3 is 16.0 Å². The lowest BCUT2D eigenvalue weighted by atomic mass is 9.97. The minimum atomic E-state index is -0.398. The van der Waals surface area contributed by atoms with Crippen molar-refractivity contribution in [3.05, 3.63) is 0 Å². The molecule has 1 amide bonds. The smallest absolute Gasteiger partial charge is 0.236 e. The number of hydrogen-bond acceptors (Lipinski definition) is 3. The average Bonchev–Trinajstić information content (AvgIpc) is 2.26. The number of carbonyl (C=O) groups is 1. The summed E-state index contributed by atoms with van der Waals surface area (Å²) < 4.78 is 0. The molecule has 2 atom stereocenters. The van der Waals surface area contributed by atoms with E-state index in [1.54, 1.807) is 6.92 Å². The van der Waals surface area contributed by atoms with Gasteiger partial charge in [0.25, 0.3) is 0 Å². The van der Waals surface area contributed by atoms with Crippen LogP contribution < -0.4 is 11.1 Å². The van der Waals surface area contributed by atoms with E-state index in [4.69, 9.17) is 5.73 Å². The van der Waals surface area contributed by atoms with E-state index >= 15 is 0 Å². The van der Waals surface area contributed by atoms with Gasteiger partial charge in [-0.15, -0.1) is 0 Å². The number of piperidine rings is 1. The third kappa shape index (κ3) is 4.10. The molecule has 1 aliphatic rings. The minimum absolute atomic E-state index is 0.0401. The molecule has 3 N–H and O–H groups in total. The predicted octanol–water partition coefficient (Wildman–Crippen LogP) is 0.570. The fraction of sp³-hybridized carbons (Fsp3) is 0.917. The zero-order valence-corrected chi connectivity index (χ0v) is 10.7. The second-order valence-electron chi connectivity index (χ2n) is 5.13. The molecule has 0 radical (unpaired) electrons. The number of amides is 1. The van der Waals surface area contributed by atoms with E-state index in [9.17, 15) is 4.79 Å². The van der Waals surface area contributed by atoms with Crippen LogP contribution in [0.4, 0.5) is 0 Å². The Kier molecular flexibility index (Phi) is 5.22. The summed E-state index contributed by atoms with van der Waals surface area (Å²) in [6.45, 7) is 9.22. The molecule has 0 aromatic heterocycles. The molecule has 0 bridgehead atoms. The van der Waals surface area contributed by atoms with Gasteiger partial charge in [-0.2, -0.15) is 0 Å². The maximum absolute atomic E-state index is 11.4. The first-order chi connectivity index (χ1) is 7.50. The third-order valence-corrected chi connectivity index (χ3v) is 3.26. The van der Waals surface area contributed by atoms with Gasteiger partial charge in [0.2, 0.25) is 5.91 Å². The van der Waals surface area contributed by atoms with Crippen molar-refractivity contribution in [2.45, 2.75) is 45.7 Å². The van der Waals surface area contributed by atoms with Crippen LogP contribution in [-0.4, -0.2) is 42.5 Å². The largest absolute Gasteiger partial charge is 0.354 e. The summed E-state index contributed by atoms with van der Waals surface area (Å²) in [4.78, 5) is 13.8. The lowest BCUT2D eigenvalue weighted by Gasteiger charge is -2.35. The van der Waals surface area contributed by atoms with Gasteiger partial charge in [-0.1, -0.05) is 0 Å². The Morgan fingerprint density at radius 2 is 2.19 bits per heavy atom. The number of hydrogen-bond donors (Lipinski definition) is 2. The van der Waals surface area contributed by atoms with Crippen molar-refractivity contribution in [3.63, 3.8) is 0 Å². The Hall–Kier alpha value is -0.610. The van der Waals surface area contributed by atoms with E-state index in [-0.39, 0.29) is 5.91 Å². The topological polar surface area (TPSA) is 58.4 Å². The number of nitrogens with two attached hydrogens (primary N) is 1. The Bertz CT molecular complexity index is 228. The van der Waals surface area contributed by atoms with Crippen LogP contribution in [0.5, 0.6) is 0 Å². The number of carbonyl (C=O) groups excluding carboxylic acids is 1. The van der Waals surface area contributed by atoms with Gasteiger partial charge in [-0.25, -0.2) is 0 Å². The molecular weight excluding hydrogens is 202 g/mol. The van der Waals surface area contributed by atoms with E-state index < -0.39 is 6.04 Å². The molecule has 0 aromatic rings. The number of nitrogens with one attached hydrogen (secondary N) is 1. The maximum Gasteiger partial charge on any atom is 0.236 e. The summed E-state index contributed by atoms with van der Waals surface area (Å²) in [5.41, 5.74) is 5.50. The molecule has 0 aromatic carbocycles. The summed E-state index contributed by atoms with van der Waals surface area (Å²) in [5, 5.41) is 2.92. The van der Waals surface area contributed by atoms with Crippen LogP contribution >= 0.6 is 0 Å². The van der Waals surface area contributed by atoms with Crippen molar-refractivity contribution in [1.82, 2.24) is 10.2 Å². The monoisotopic (exact) mass is 227 g/mol. The van der Waals surface area contributed by atoms with Crippen LogP contribution in [0.2, 0.25) is 0 Å². The fourth-order valence-corrected chi connectivity index (χ4v) is 2.14. The summed E-state index contributed by atoms with van der Waals surface area (Å²) in [6, 6.07) is 0.205. The highest BCUT2D eigenvalue weighted by Crippen LogP contribution is 2.17. The second kappa shape index (κ2) is 6.21. The van der Waals surface area contributed by atoms with Crippen LogP contribution in [0.15, 0.2) is 0 Å². The molecule has 0 saturated carbocycles. The molecule has 94 valence electrons. The Morgan fingerprint density at radius 3 is 2.75 bits per heavy atom. The predicted molar refractivity (Wildman–Crippen MR) is 66.1 cm³/mol. The fourth-order valence-electron chi connectivity index (χ4n) is 2.14. The Labute approximate surface area is 98.6 Å². The summed E-state index contributed by atoms with van der Waals surface area (Å²) in [7, 11) is 0. The van der Waals surface area contributed by atoms with Crippen LogP contribution in [-0.2, 0) is 4.79 Å². The molecule has 16 heavy (non-hydrogen) atoms. The summed E-state index contributed by atoms with van der Waals surface area (Å²) in [5.74, 6) is 0.542. The van der Waals surface area contributed by atoms with Crippen molar-refractivity contribution >= 4 is 5.91 Å². The average molecular weight is 227 g/mol. The van der Waals surface area contributed by atoms with Crippen molar-refractivity contribution in [1.29, 1.82) is 0 Å². The van der Waals surface area contributed by atoms with Gasteiger partial charge in [0.05, 0.1) is 6.04 Å². The standard InChI is InChI=1S/C12H25N3O/c1-9(2)15-6-4-5-11(8-15)7-14-12(16)10(3)13/h9-11H,4-8,13H2,1-3H3,(H,14,16)/t10-,11?/m1/s1. The summed E-state index contributed by atoms with van der Waals surface area (Å²) in [6.07, 6.45) is 2.44. The van der Waals surface area contributed by atoms with Crippen LogP contribution in [0.25, 0.3) is 0 Å². The molecular formula is C12H25N3O. The van der Waals surface area contributed by atoms with Crippen LogP contribution in [0, 0.1) is 5.92 Å². The van der Waals surface area contributed by atoms with Crippen LogP contribution in [0.1, 0.15) is 33.6 Å². The van der Waals surface area contributed by atoms with E-state index in [0.29, 0.717) is 12.0 Å². The lowest BCUT2D eigenvalue weighted by molar-refractivity contribution is -0.122. The van der Waals surface area contributed by atoms with Gasteiger partial charge in [-0.3, -0.25) is 4.79 Å². The van der Waals surface area contributed by atoms with E-state index in [1.165, 1.54) is 19.4 Å². The first kappa shape index (κ1) is 13.5. The third-order valence-electron chi connectivity index (χ3n) is 3.26. The van der Waals surface area contributed by atoms with Gasteiger partial charge in [0.1, 0.15) is 0 Å². The lowest BCUT2D eigenvalue weighted by Crippen LogP contribution is -2.46. The molecule has 4 heteroatoms. The maximum atomic E-state index is 11.4. The van der Waals surface area contributed by atoms with E-state index in [2.05, 4.69) is 24.1 Å². The van der Waals surface area contributed by atoms with Gasteiger partial charge >= 0.3 is 0 Å². The highest BCUT2D eigenvalue weighted by Gasteiger charge is 2.22. The minimum Gasteiger partial charge on any atom is -0.354 e. The van der Waals surface area contributed by atoms with Gasteiger partial charge in [0.15, 0.2) is 0 Å². The van der Waals surface area contributed by atoms with Crippen LogP contribution in [0.3, 0.4) is 0 Å². The molecule has 1 unspecified atom stereocenters. The van der Waals surface area contributed by atoms with E-state index in [0.717, 1.165) is 13.1 Å². The molecule has 0 spiro atoms. The van der Waals surface area contributed by atoms with Crippen molar-refractivity contribution < 1.29 is 4.79 Å². The molecule has 4 nitrogen and oxygen atoms in total. The van der Waals surface area contributed by atoms with Gasteiger partial charge in [-0.05, 0) is 46.1 Å². The zero-order valence-electron chi connectivity index (χ0n) is 10.7. The van der Waals surface area contributed by atoms with E-state index in [1.807, 2.05) is 0 Å². The number of rotatable bonds is 4. The molecule has 0 aliphatic carbocycles. The normalized spacial score (nSPS) is 24.4. The quantitative estimate of drug-likeness (QED) is 0.738. The van der Waals surface area contributed by atoms with Gasteiger partial charge in [0, 0.05) is 19.1 Å². The molecule has 1 aliphatic heterocycles. The molecule has 1 rings (SSSR count). The van der Waals surface area contributed by atoms with Crippen molar-refractivity contribution in [3.8, 4) is 0 Å². The second-order valence-corrected chi connectivity index (χ2v) is 5.13. The molecule has 1 heterocycles. The Balaban J connectivity index is 2.29. The highest BCUT2D eigenvalue weighted by atomic mass is 16.2. The molecule has 1 fully saturated rings. The summed E-state index contributed by atoms with van der Waals surface area (Å²) >= 11 is 0. The number of likely N-dealkylation sites (tertiary alicyclic amines) is 1. The first-order valence-corrected chi connectivity index (χ1v) is 6.28. The SMILES string of the molecule is CC(C)N1CCCC(CNC(=O)[C@@H](C)N)C1.